The van der Waals surface area contributed by atoms with Crippen molar-refractivity contribution in [3.8, 4) is 17.1 Å². The maximum atomic E-state index is 12.5. The van der Waals surface area contributed by atoms with Crippen LogP contribution in [0, 0.1) is 0 Å². The molecule has 3 aromatic carbocycles. The van der Waals surface area contributed by atoms with Gasteiger partial charge >= 0.3 is 0 Å². The lowest BCUT2D eigenvalue weighted by atomic mass is 10.1. The van der Waals surface area contributed by atoms with Gasteiger partial charge in [0, 0.05) is 28.6 Å². The summed E-state index contributed by atoms with van der Waals surface area (Å²) in [5.74, 6) is 0.363. The average molecular weight is 414 g/mol. The number of aromatic amines is 1. The minimum absolute atomic E-state index is 0.149. The Labute approximate surface area is 177 Å². The van der Waals surface area contributed by atoms with E-state index in [4.69, 9.17) is 4.74 Å². The normalized spacial score (nSPS) is 10.3. The first-order valence-electron chi connectivity index (χ1n) is 9.40. The molecule has 1 heterocycles. The fraction of sp³-hybridized carbons (Fsp3) is 0.0455. The highest BCUT2D eigenvalue weighted by molar-refractivity contribution is 6.04. The van der Waals surface area contributed by atoms with E-state index in [1.54, 1.807) is 60.7 Å². The van der Waals surface area contributed by atoms with Gasteiger partial charge in [-0.05, 0) is 41.6 Å². The fourth-order valence-electron chi connectivity index (χ4n) is 2.79. The number of hydrogen-bond acceptors (Lipinski definition) is 6. The van der Waals surface area contributed by atoms with Crippen LogP contribution in [0.25, 0.3) is 11.4 Å². The number of anilines is 2. The van der Waals surface area contributed by atoms with Gasteiger partial charge in [-0.2, -0.15) is 5.21 Å². The molecule has 3 N–H and O–H groups in total. The fourth-order valence-corrected chi connectivity index (χ4v) is 2.79. The maximum absolute atomic E-state index is 12.5. The van der Waals surface area contributed by atoms with Crippen LogP contribution in [0.5, 0.6) is 5.75 Å². The third-order valence-electron chi connectivity index (χ3n) is 4.27. The van der Waals surface area contributed by atoms with Crippen LogP contribution >= 0.6 is 0 Å². The van der Waals surface area contributed by atoms with Gasteiger partial charge < -0.3 is 15.4 Å². The largest absolute Gasteiger partial charge is 0.484 e. The van der Waals surface area contributed by atoms with Crippen molar-refractivity contribution < 1.29 is 14.3 Å². The van der Waals surface area contributed by atoms with Crippen LogP contribution in [0.3, 0.4) is 0 Å². The van der Waals surface area contributed by atoms with Gasteiger partial charge in [-0.3, -0.25) is 9.59 Å². The van der Waals surface area contributed by atoms with Crippen LogP contribution in [0.2, 0.25) is 0 Å². The van der Waals surface area contributed by atoms with Crippen molar-refractivity contribution in [2.45, 2.75) is 0 Å². The number of H-pyrrole nitrogens is 1. The molecule has 0 radical (unpaired) electrons. The average Bonchev–Trinajstić information content (AvgIpc) is 3.34. The summed E-state index contributed by atoms with van der Waals surface area (Å²) in [6, 6.07) is 22.8. The van der Waals surface area contributed by atoms with Crippen molar-refractivity contribution in [1.82, 2.24) is 20.6 Å². The topological polar surface area (TPSA) is 122 Å². The molecule has 4 rings (SSSR count). The maximum Gasteiger partial charge on any atom is 0.262 e. The summed E-state index contributed by atoms with van der Waals surface area (Å²) in [5.41, 5.74) is 2.46. The van der Waals surface area contributed by atoms with Gasteiger partial charge in [0.05, 0.1) is 0 Å². The number of amides is 2. The molecule has 0 aliphatic carbocycles. The van der Waals surface area contributed by atoms with E-state index in [0.717, 1.165) is 5.56 Å². The smallest absolute Gasteiger partial charge is 0.262 e. The SMILES string of the molecule is O=C(COc1cccc(NC(=O)c2ccc(-c3nn[nH]n3)cc2)c1)Nc1ccccc1. The quantitative estimate of drug-likeness (QED) is 0.427. The molecular weight excluding hydrogens is 396 g/mol. The van der Waals surface area contributed by atoms with E-state index in [1.807, 2.05) is 18.2 Å². The molecular formula is C22H18N6O3. The number of ether oxygens (including phenoxy) is 1. The van der Waals surface area contributed by atoms with Gasteiger partial charge in [0.15, 0.2) is 6.61 Å². The van der Waals surface area contributed by atoms with E-state index in [-0.39, 0.29) is 18.4 Å². The van der Waals surface area contributed by atoms with Gasteiger partial charge in [0.2, 0.25) is 5.82 Å². The predicted octanol–water partition coefficient (Wildman–Crippen LogP) is 3.14. The second-order valence-corrected chi connectivity index (χ2v) is 6.50. The van der Waals surface area contributed by atoms with Crippen molar-refractivity contribution >= 4 is 23.2 Å². The first kappa shape index (κ1) is 19.8. The van der Waals surface area contributed by atoms with Crippen LogP contribution < -0.4 is 15.4 Å². The highest BCUT2D eigenvalue weighted by atomic mass is 16.5. The van der Waals surface area contributed by atoms with Crippen LogP contribution in [0.1, 0.15) is 10.4 Å². The van der Waals surface area contributed by atoms with Crippen LogP contribution in [0.4, 0.5) is 11.4 Å². The number of aromatic nitrogens is 4. The minimum atomic E-state index is -0.279. The molecule has 0 spiro atoms. The lowest BCUT2D eigenvalue weighted by molar-refractivity contribution is -0.118. The molecule has 0 unspecified atom stereocenters. The minimum Gasteiger partial charge on any atom is -0.484 e. The van der Waals surface area contributed by atoms with Crippen molar-refractivity contribution in [2.24, 2.45) is 0 Å². The second kappa shape index (κ2) is 9.31. The zero-order valence-corrected chi connectivity index (χ0v) is 16.3. The number of rotatable bonds is 7. The van der Waals surface area contributed by atoms with E-state index < -0.39 is 0 Å². The highest BCUT2D eigenvalue weighted by Crippen LogP contribution is 2.19. The lowest BCUT2D eigenvalue weighted by Crippen LogP contribution is -2.20. The summed E-state index contributed by atoms with van der Waals surface area (Å²) >= 11 is 0. The molecule has 9 heteroatoms. The number of carbonyl (C=O) groups excluding carboxylic acids is 2. The Kier molecular flexibility index (Phi) is 5.94. The number of hydrogen-bond donors (Lipinski definition) is 3. The molecule has 31 heavy (non-hydrogen) atoms. The number of para-hydroxylation sites is 1. The van der Waals surface area contributed by atoms with Crippen molar-refractivity contribution in [3.05, 3.63) is 84.4 Å². The van der Waals surface area contributed by atoms with Crippen molar-refractivity contribution in [3.63, 3.8) is 0 Å². The van der Waals surface area contributed by atoms with E-state index in [9.17, 15) is 9.59 Å². The molecule has 1 aromatic heterocycles. The van der Waals surface area contributed by atoms with E-state index >= 15 is 0 Å². The number of nitrogens with zero attached hydrogens (tertiary/aromatic N) is 3. The lowest BCUT2D eigenvalue weighted by Gasteiger charge is -2.10. The number of nitrogens with one attached hydrogen (secondary N) is 3. The second-order valence-electron chi connectivity index (χ2n) is 6.50. The molecule has 9 nitrogen and oxygen atoms in total. The number of carbonyl (C=O) groups is 2. The van der Waals surface area contributed by atoms with Gasteiger partial charge in [-0.25, -0.2) is 0 Å². The first-order chi connectivity index (χ1) is 15.2. The molecule has 0 saturated heterocycles. The molecule has 0 bridgehead atoms. The highest BCUT2D eigenvalue weighted by Gasteiger charge is 2.09. The summed E-state index contributed by atoms with van der Waals surface area (Å²) in [4.78, 5) is 24.6. The summed E-state index contributed by atoms with van der Waals surface area (Å²) in [6.07, 6.45) is 0. The van der Waals surface area contributed by atoms with E-state index in [0.29, 0.717) is 28.5 Å². The van der Waals surface area contributed by atoms with Crippen molar-refractivity contribution in [1.29, 1.82) is 0 Å². The Morgan fingerprint density at radius 1 is 0.871 bits per heavy atom. The van der Waals surface area contributed by atoms with Gasteiger partial charge in [0.1, 0.15) is 5.75 Å². The Balaban J connectivity index is 1.33. The summed E-state index contributed by atoms with van der Waals surface area (Å²) in [5, 5.41) is 19.3. The Morgan fingerprint density at radius 2 is 1.65 bits per heavy atom. The Morgan fingerprint density at radius 3 is 2.39 bits per heavy atom. The number of tetrazole rings is 1. The summed E-state index contributed by atoms with van der Waals surface area (Å²) in [7, 11) is 0. The summed E-state index contributed by atoms with van der Waals surface area (Å²) in [6.45, 7) is -0.149. The molecule has 154 valence electrons. The molecule has 4 aromatic rings. The Bertz CT molecular complexity index is 1160. The van der Waals surface area contributed by atoms with Gasteiger partial charge in [-0.1, -0.05) is 36.4 Å². The first-order valence-corrected chi connectivity index (χ1v) is 9.40. The molecule has 0 fully saturated rings. The standard InChI is InChI=1S/C22H18N6O3/c29-20(23-17-5-2-1-3-6-17)14-31-19-8-4-7-18(13-19)24-22(30)16-11-9-15(10-12-16)21-25-27-28-26-21/h1-13H,14H2,(H,23,29)(H,24,30)(H,25,26,27,28). The zero-order chi connectivity index (χ0) is 21.5. The molecule has 0 saturated carbocycles. The monoisotopic (exact) mass is 414 g/mol. The summed E-state index contributed by atoms with van der Waals surface area (Å²) < 4.78 is 5.54. The molecule has 2 amide bonds. The van der Waals surface area contributed by atoms with Crippen LogP contribution in [-0.4, -0.2) is 39.0 Å². The predicted molar refractivity (Wildman–Crippen MR) is 115 cm³/mol. The Hall–Kier alpha value is -4.53. The van der Waals surface area contributed by atoms with Gasteiger partial charge in [-0.15, -0.1) is 10.2 Å². The van der Waals surface area contributed by atoms with Crippen LogP contribution in [-0.2, 0) is 4.79 Å². The van der Waals surface area contributed by atoms with Gasteiger partial charge in [0.25, 0.3) is 11.8 Å². The number of benzene rings is 3. The third-order valence-corrected chi connectivity index (χ3v) is 4.27. The van der Waals surface area contributed by atoms with Crippen molar-refractivity contribution in [2.75, 3.05) is 17.2 Å². The molecule has 0 aliphatic rings. The van der Waals surface area contributed by atoms with E-state index in [1.165, 1.54) is 0 Å². The molecule has 0 aliphatic heterocycles. The van der Waals surface area contributed by atoms with Crippen LogP contribution in [0.15, 0.2) is 78.9 Å². The van der Waals surface area contributed by atoms with E-state index in [2.05, 4.69) is 31.3 Å². The molecule has 0 atom stereocenters. The third kappa shape index (κ3) is 5.30. The zero-order valence-electron chi connectivity index (χ0n) is 16.3.